The predicted octanol–water partition coefficient (Wildman–Crippen LogP) is 4.68. The Bertz CT molecular complexity index is 970. The van der Waals surface area contributed by atoms with Crippen LogP contribution in [0, 0.1) is 19.3 Å². The molecule has 0 atom stereocenters. The molecule has 1 aliphatic rings. The smallest absolute Gasteiger partial charge is 0.139 e. The van der Waals surface area contributed by atoms with Crippen LogP contribution in [-0.4, -0.2) is 22.5 Å². The standard InChI is InChI=1S/C19H17N3OS/c1-11-6-5-8-14(12(11)2)22-10-15(23)17(18(22)20)19-21-13-7-3-4-9-16(13)24-19/h3-9,20,23H,10H2,1-2H3. The maximum absolute atomic E-state index is 10.5. The number of hydrogen-bond donors (Lipinski definition) is 2. The lowest BCUT2D eigenvalue weighted by Crippen LogP contribution is -2.27. The fourth-order valence-electron chi connectivity index (χ4n) is 3.02. The van der Waals surface area contributed by atoms with Crippen LogP contribution in [0.2, 0.25) is 0 Å². The zero-order valence-electron chi connectivity index (χ0n) is 13.5. The molecule has 0 fully saturated rings. The van der Waals surface area contributed by atoms with Crippen LogP contribution in [0.25, 0.3) is 15.8 Å². The summed E-state index contributed by atoms with van der Waals surface area (Å²) >= 11 is 1.51. The van der Waals surface area contributed by atoms with Crippen molar-refractivity contribution in [3.63, 3.8) is 0 Å². The first kappa shape index (κ1) is 14.9. The molecule has 4 nitrogen and oxygen atoms in total. The summed E-state index contributed by atoms with van der Waals surface area (Å²) in [6.07, 6.45) is 0. The highest BCUT2D eigenvalue weighted by molar-refractivity contribution is 7.19. The SMILES string of the molecule is Cc1cccc(N2CC(O)=C(c3nc4ccccc4s3)C2=N)c1C. The summed E-state index contributed by atoms with van der Waals surface area (Å²) in [5.74, 6) is 0.514. The average Bonchev–Trinajstić information content (AvgIpc) is 3.10. The van der Waals surface area contributed by atoms with E-state index in [9.17, 15) is 5.11 Å². The first-order valence-corrected chi connectivity index (χ1v) is 8.58. The van der Waals surface area contributed by atoms with Crippen LogP contribution in [0.4, 0.5) is 5.69 Å². The van der Waals surface area contributed by atoms with Gasteiger partial charge in [0.25, 0.3) is 0 Å². The van der Waals surface area contributed by atoms with Crippen LogP contribution >= 0.6 is 11.3 Å². The highest BCUT2D eigenvalue weighted by atomic mass is 32.1. The lowest BCUT2D eigenvalue weighted by Gasteiger charge is -2.21. The molecule has 4 rings (SSSR count). The summed E-state index contributed by atoms with van der Waals surface area (Å²) < 4.78 is 1.06. The molecule has 1 aromatic heterocycles. The Morgan fingerprint density at radius 3 is 2.71 bits per heavy atom. The lowest BCUT2D eigenvalue weighted by atomic mass is 10.1. The van der Waals surface area contributed by atoms with Crippen molar-refractivity contribution >= 4 is 38.6 Å². The maximum atomic E-state index is 10.5. The van der Waals surface area contributed by atoms with Gasteiger partial charge in [-0.2, -0.15) is 0 Å². The summed E-state index contributed by atoms with van der Waals surface area (Å²) in [5, 5.41) is 19.8. The summed E-state index contributed by atoms with van der Waals surface area (Å²) in [6, 6.07) is 13.9. The third kappa shape index (κ3) is 2.20. The Balaban J connectivity index is 1.76. The van der Waals surface area contributed by atoms with Gasteiger partial charge in [-0.15, -0.1) is 11.3 Å². The summed E-state index contributed by atoms with van der Waals surface area (Å²) in [7, 11) is 0. The molecule has 0 saturated carbocycles. The van der Waals surface area contributed by atoms with Crippen molar-refractivity contribution in [3.8, 4) is 0 Å². The number of rotatable bonds is 2. The number of anilines is 1. The Hall–Kier alpha value is -2.66. The third-order valence-corrected chi connectivity index (χ3v) is 5.53. The molecule has 0 aliphatic carbocycles. The van der Waals surface area contributed by atoms with E-state index >= 15 is 0 Å². The van der Waals surface area contributed by atoms with Crippen molar-refractivity contribution in [1.29, 1.82) is 5.41 Å². The van der Waals surface area contributed by atoms with Crippen LogP contribution in [0.1, 0.15) is 16.1 Å². The van der Waals surface area contributed by atoms with Gasteiger partial charge in [-0.3, -0.25) is 5.41 Å². The molecule has 5 heteroatoms. The highest BCUT2D eigenvalue weighted by Gasteiger charge is 2.32. The maximum Gasteiger partial charge on any atom is 0.139 e. The zero-order valence-corrected chi connectivity index (χ0v) is 14.3. The minimum atomic E-state index is 0.208. The van der Waals surface area contributed by atoms with E-state index in [2.05, 4.69) is 18.0 Å². The largest absolute Gasteiger partial charge is 0.510 e. The minimum Gasteiger partial charge on any atom is -0.510 e. The first-order valence-electron chi connectivity index (χ1n) is 7.77. The van der Waals surface area contributed by atoms with Crippen LogP contribution in [-0.2, 0) is 0 Å². The second kappa shape index (κ2) is 5.46. The number of nitrogens with zero attached hydrogens (tertiary/aromatic N) is 2. The molecule has 0 bridgehead atoms. The van der Waals surface area contributed by atoms with Crippen LogP contribution in [0.15, 0.2) is 48.2 Å². The molecule has 24 heavy (non-hydrogen) atoms. The molecule has 2 heterocycles. The van der Waals surface area contributed by atoms with E-state index in [1.54, 1.807) is 0 Å². The van der Waals surface area contributed by atoms with Gasteiger partial charge in [0, 0.05) is 5.69 Å². The van der Waals surface area contributed by atoms with Gasteiger partial charge < -0.3 is 10.0 Å². The van der Waals surface area contributed by atoms with Crippen molar-refractivity contribution in [2.75, 3.05) is 11.4 Å². The number of hydrogen-bond acceptors (Lipinski definition) is 4. The molecule has 120 valence electrons. The molecule has 2 aromatic carbocycles. The van der Waals surface area contributed by atoms with Gasteiger partial charge in [-0.05, 0) is 43.2 Å². The lowest BCUT2D eigenvalue weighted by molar-refractivity contribution is 0.411. The van der Waals surface area contributed by atoms with Gasteiger partial charge in [0.15, 0.2) is 0 Å². The van der Waals surface area contributed by atoms with Crippen molar-refractivity contribution < 1.29 is 5.11 Å². The second-order valence-electron chi connectivity index (χ2n) is 5.96. The van der Waals surface area contributed by atoms with Gasteiger partial charge in [-0.1, -0.05) is 24.3 Å². The van der Waals surface area contributed by atoms with Crippen molar-refractivity contribution in [1.82, 2.24) is 4.98 Å². The van der Waals surface area contributed by atoms with Crippen molar-refractivity contribution in [2.45, 2.75) is 13.8 Å². The number of amidine groups is 1. The fraction of sp³-hybridized carbons (Fsp3) is 0.158. The molecule has 1 aliphatic heterocycles. The normalized spacial score (nSPS) is 14.9. The third-order valence-electron chi connectivity index (χ3n) is 4.48. The molecule has 0 amide bonds. The van der Waals surface area contributed by atoms with E-state index in [-0.39, 0.29) is 5.76 Å². The van der Waals surface area contributed by atoms with Gasteiger partial charge >= 0.3 is 0 Å². The second-order valence-corrected chi connectivity index (χ2v) is 6.99. The molecule has 2 N–H and O–H groups in total. The van der Waals surface area contributed by atoms with Gasteiger partial charge in [-0.25, -0.2) is 4.98 Å². The van der Waals surface area contributed by atoms with Gasteiger partial charge in [0.05, 0.1) is 22.3 Å². The number of aliphatic hydroxyl groups excluding tert-OH is 1. The summed E-state index contributed by atoms with van der Waals surface area (Å²) in [4.78, 5) is 6.44. The number of benzene rings is 2. The molecule has 0 spiro atoms. The minimum absolute atomic E-state index is 0.208. The summed E-state index contributed by atoms with van der Waals surface area (Å²) in [6.45, 7) is 4.42. The molecule has 0 radical (unpaired) electrons. The van der Waals surface area contributed by atoms with Crippen LogP contribution < -0.4 is 4.90 Å². The number of aryl methyl sites for hydroxylation is 1. The van der Waals surface area contributed by atoms with E-state index in [0.29, 0.717) is 23.0 Å². The average molecular weight is 335 g/mol. The Labute approximate surface area is 144 Å². The number of aliphatic hydroxyl groups is 1. The van der Waals surface area contributed by atoms with Crippen molar-refractivity contribution in [3.05, 3.63) is 64.4 Å². The number of para-hydroxylation sites is 1. The quantitative estimate of drug-likeness (QED) is 0.715. The van der Waals surface area contributed by atoms with E-state index in [1.807, 2.05) is 48.2 Å². The summed E-state index contributed by atoms with van der Waals surface area (Å²) in [5.41, 5.74) is 4.70. The van der Waals surface area contributed by atoms with Gasteiger partial charge in [0.2, 0.25) is 0 Å². The van der Waals surface area contributed by atoms with E-state index in [0.717, 1.165) is 21.5 Å². The Kier molecular flexibility index (Phi) is 3.39. The number of nitrogens with one attached hydrogen (secondary N) is 1. The Morgan fingerprint density at radius 2 is 1.92 bits per heavy atom. The first-order chi connectivity index (χ1) is 11.6. The zero-order chi connectivity index (χ0) is 16.8. The van der Waals surface area contributed by atoms with E-state index in [1.165, 1.54) is 16.9 Å². The Morgan fingerprint density at radius 1 is 1.12 bits per heavy atom. The van der Waals surface area contributed by atoms with Gasteiger partial charge in [0.1, 0.15) is 16.6 Å². The number of thiazole rings is 1. The number of aromatic nitrogens is 1. The predicted molar refractivity (Wildman–Crippen MR) is 100 cm³/mol. The number of fused-ring (bicyclic) bond motifs is 1. The highest BCUT2D eigenvalue weighted by Crippen LogP contribution is 2.36. The van der Waals surface area contributed by atoms with Crippen LogP contribution in [0.5, 0.6) is 0 Å². The molecule has 0 saturated heterocycles. The van der Waals surface area contributed by atoms with Crippen LogP contribution in [0.3, 0.4) is 0 Å². The monoisotopic (exact) mass is 335 g/mol. The van der Waals surface area contributed by atoms with E-state index < -0.39 is 0 Å². The molecule has 0 unspecified atom stereocenters. The molecular formula is C19H17N3OS. The molecular weight excluding hydrogens is 318 g/mol. The topological polar surface area (TPSA) is 60.2 Å². The fourth-order valence-corrected chi connectivity index (χ4v) is 4.05. The molecule has 3 aromatic rings. The van der Waals surface area contributed by atoms with Crippen molar-refractivity contribution in [2.24, 2.45) is 0 Å². The van der Waals surface area contributed by atoms with E-state index in [4.69, 9.17) is 5.41 Å².